The molecule has 0 aromatic carbocycles. The number of terminal acetylenes is 7. The molecule has 4 fully saturated rings. The van der Waals surface area contributed by atoms with Crippen LogP contribution in [0.25, 0.3) is 0 Å². The zero-order valence-electron chi connectivity index (χ0n) is 77.0. The zero-order chi connectivity index (χ0) is 90.0. The SMILES string of the molecule is C.C.C.C#C.C#CC#CC.C#CC#CC#C.C#CC#CC#CC.C#CC#CC#CC#CC.C#CC#CC#CC#CC.CC#CC.CC#CC#CC#CC.CC#CC#CC#CC.CC1[C@@H](C)[C@@H](C)C([C@@H]2C[C@H]3[C@@H]([C@H](C)[C@@H]2C)C(C)(C)[C@@](C(C)(C)C2[C@@H](C)[C@@H](C)C(C)[C@@H](C)[C@H]2C)(C(C)(C)C(C)(C)C)C(C)(C)C3(C)C)[C@@H](C)[C@H]1C.N.O=O.OOO.S. The summed E-state index contributed by atoms with van der Waals surface area (Å²) in [6, 6.07) is 0. The Hall–Kier alpha value is -10.8. The second kappa shape index (κ2) is 76.2. The Balaban J connectivity index is -0.000000119. The van der Waals surface area contributed by atoms with Gasteiger partial charge in [-0.05, 0) is 392 Å². The van der Waals surface area contributed by atoms with Crippen molar-refractivity contribution in [3.05, 3.63) is 9.93 Å². The molecule has 4 saturated carbocycles. The maximum absolute atomic E-state index is 7.00. The number of fused-ring (bicyclic) bond motifs is 1. The number of hydrogen-bond donors (Lipinski definition) is 3. The highest BCUT2D eigenvalue weighted by Gasteiger charge is 2.81. The highest BCUT2D eigenvalue weighted by atomic mass is 32.1. The van der Waals surface area contributed by atoms with E-state index in [2.05, 4.69) is 428 Å². The molecule has 0 aromatic heterocycles. The van der Waals surface area contributed by atoms with Crippen molar-refractivity contribution in [1.82, 2.24) is 6.15 Å². The molecule has 7 heteroatoms. The van der Waals surface area contributed by atoms with Crippen LogP contribution in [0.2, 0.25) is 0 Å². The van der Waals surface area contributed by atoms with Gasteiger partial charge in [-0.2, -0.15) is 13.5 Å². The van der Waals surface area contributed by atoms with Crippen LogP contribution in [0.4, 0.5) is 0 Å². The van der Waals surface area contributed by atoms with Gasteiger partial charge in [-0.25, -0.2) is 10.5 Å². The fraction of sp³-hybridized carbons (Fsp3) is 0.568. The third kappa shape index (κ3) is 41.9. The van der Waals surface area contributed by atoms with E-state index < -0.39 is 0 Å². The summed E-state index contributed by atoms with van der Waals surface area (Å²) in [7, 11) is 0. The van der Waals surface area contributed by atoms with E-state index >= 15 is 0 Å². The van der Waals surface area contributed by atoms with Crippen molar-refractivity contribution in [3.63, 3.8) is 0 Å². The normalized spacial score (nSPS) is 23.6. The minimum atomic E-state index is 0. The summed E-state index contributed by atoms with van der Waals surface area (Å²) in [6.07, 6.45) is 37.9. The molecule has 0 aromatic rings. The molecule has 0 heterocycles. The molecule has 0 amide bonds. The fourth-order valence-corrected chi connectivity index (χ4v) is 19.3. The minimum absolute atomic E-state index is 0. The molecule has 118 heavy (non-hydrogen) atoms. The molecule has 4 aliphatic carbocycles. The van der Waals surface area contributed by atoms with Gasteiger partial charge in [0.1, 0.15) is 0 Å². The van der Waals surface area contributed by atoms with Gasteiger partial charge in [-0.15, -0.1) is 63.2 Å². The van der Waals surface area contributed by atoms with Crippen LogP contribution in [0.5, 0.6) is 0 Å². The van der Waals surface area contributed by atoms with E-state index in [-0.39, 0.29) is 79.8 Å². The van der Waals surface area contributed by atoms with Crippen LogP contribution in [0.3, 0.4) is 0 Å². The first kappa shape index (κ1) is 136. The van der Waals surface area contributed by atoms with Crippen molar-refractivity contribution in [2.45, 2.75) is 271 Å². The van der Waals surface area contributed by atoms with Gasteiger partial charge in [0, 0.05) is 9.93 Å². The quantitative estimate of drug-likeness (QED) is 0.147. The second-order valence-corrected chi connectivity index (χ2v) is 31.3. The molecule has 0 saturated heterocycles. The minimum Gasteiger partial charge on any atom is -0.344 e. The Labute approximate surface area is 738 Å². The predicted molar refractivity (Wildman–Crippen MR) is 523 cm³/mol. The van der Waals surface area contributed by atoms with Gasteiger partial charge < -0.3 is 6.15 Å². The van der Waals surface area contributed by atoms with Crippen LogP contribution in [-0.4, -0.2) is 10.5 Å². The van der Waals surface area contributed by atoms with Crippen molar-refractivity contribution in [2.24, 2.45) is 139 Å². The van der Waals surface area contributed by atoms with E-state index in [0.717, 1.165) is 71.0 Å². The zero-order valence-corrected chi connectivity index (χ0v) is 78.0. The average molecular weight is 1610 g/mol. The summed E-state index contributed by atoms with van der Waals surface area (Å²) in [5.74, 6) is 111. The summed E-state index contributed by atoms with van der Waals surface area (Å²) in [6.45, 7) is 85.1. The number of rotatable bonds is 4. The summed E-state index contributed by atoms with van der Waals surface area (Å²) in [5, 5.41) is 15.5. The van der Waals surface area contributed by atoms with Crippen molar-refractivity contribution in [1.29, 1.82) is 0 Å². The lowest BCUT2D eigenvalue weighted by Crippen LogP contribution is -2.79. The molecule has 18 atom stereocenters. The number of hydrogen-bond acceptors (Lipinski definition) is 6. The summed E-state index contributed by atoms with van der Waals surface area (Å²) in [4.78, 5) is 14.0. The van der Waals surface area contributed by atoms with Gasteiger partial charge in [0.15, 0.2) is 0 Å². The summed E-state index contributed by atoms with van der Waals surface area (Å²) in [5.41, 5.74) is 0.856. The summed E-state index contributed by atoms with van der Waals surface area (Å²) >= 11 is 0. The molecule has 4 rings (SSSR count). The molecule has 636 valence electrons. The molecule has 0 spiro atoms. The first-order chi connectivity index (χ1) is 53.0. The van der Waals surface area contributed by atoms with Crippen LogP contribution in [0, 0.1) is 437 Å². The lowest BCUT2D eigenvalue weighted by atomic mass is 9.20. The van der Waals surface area contributed by atoms with E-state index in [0.29, 0.717) is 29.6 Å². The standard InChI is InChI=1S/C50H94.2C9H4.2C8H6.C7H4.C6H2.C5H4.C4H6.C2H2.3CH4.H3N.H2O3.O2.H2S/c1-27-29(3)34(8)41(35(9)30(27)4)39-26-40-43(38(12)33(39)7)47(20,21)50(48(22,23)44(13,14)15,49(24,25)45(40,16)17)46(18,19)42-36(10)31(5)28(2)32(6)37(42)11;2*1-3-5-7-9-8-6-4-2;2*1-3-5-7-8-6-4-2;1-3-5-7-6-4-2;1-3-5-6-4-2;1-3-5-4-2;1-3-4-2;1-2;;;;;1-3-2;1-2;/h27-43H,26H2,1-25H3;2*1H,2H3;2*1-2H3;1H,2H3;1-2H;1H,2H3;1-2H3;1-2H;3*1H4;1H3;1-2H;;1H2/t27?,28?,29-,30+,31-,32+,33-,34-,35+,36-,37+,38+,39+,40-,41?,42?,43+,50-;;;;;;;;;;;;;;;;/m0................/s1. The van der Waals surface area contributed by atoms with Crippen LogP contribution >= 0.6 is 13.5 Å². The predicted octanol–water partition coefficient (Wildman–Crippen LogP) is 23.7. The highest BCUT2D eigenvalue weighted by molar-refractivity contribution is 7.59. The Morgan fingerprint density at radius 3 is 0.754 bits per heavy atom. The van der Waals surface area contributed by atoms with Gasteiger partial charge in [0.05, 0.1) is 0 Å². The molecule has 5 N–H and O–H groups in total. The van der Waals surface area contributed by atoms with Crippen LogP contribution < -0.4 is 6.15 Å². The van der Waals surface area contributed by atoms with Crippen LogP contribution in [0.15, 0.2) is 0 Å². The van der Waals surface area contributed by atoms with Crippen LogP contribution in [-0.2, 0) is 5.04 Å². The summed E-state index contributed by atoms with van der Waals surface area (Å²) < 4.78 is 0. The van der Waals surface area contributed by atoms with Crippen molar-refractivity contribution >= 4 is 13.5 Å². The highest BCUT2D eigenvalue weighted by Crippen LogP contribution is 2.86. The smallest absolute Gasteiger partial charge is 0 e. The van der Waals surface area contributed by atoms with Gasteiger partial charge in [0.25, 0.3) is 0 Å². The molecule has 0 radical (unpaired) electrons. The van der Waals surface area contributed by atoms with Crippen molar-refractivity contribution in [3.8, 4) is 288 Å². The Morgan fingerprint density at radius 2 is 0.534 bits per heavy atom. The van der Waals surface area contributed by atoms with Crippen LogP contribution in [0.1, 0.15) is 271 Å². The van der Waals surface area contributed by atoms with Gasteiger partial charge in [0.2, 0.25) is 0 Å². The van der Waals surface area contributed by atoms with Crippen molar-refractivity contribution < 1.29 is 15.6 Å². The third-order valence-corrected chi connectivity index (χ3v) is 25.1. The maximum atomic E-state index is 7.00. The molecular weight excluding hydrogens is 1460 g/mol. The van der Waals surface area contributed by atoms with E-state index in [1.165, 1.54) is 6.42 Å². The molecule has 4 aliphatic rings. The lowest BCUT2D eigenvalue weighted by molar-refractivity contribution is -0.465. The van der Waals surface area contributed by atoms with Gasteiger partial charge in [-0.3, -0.25) is 0 Å². The van der Waals surface area contributed by atoms with E-state index in [1.807, 2.05) is 13.8 Å². The second-order valence-electron chi connectivity index (χ2n) is 31.3. The molecular formula is C111H151NO5S. The monoisotopic (exact) mass is 1610 g/mol. The van der Waals surface area contributed by atoms with E-state index in [9.17, 15) is 0 Å². The van der Waals surface area contributed by atoms with Crippen molar-refractivity contribution in [2.75, 3.05) is 0 Å². The molecule has 4 unspecified atom stereocenters. The Bertz CT molecular complexity index is 4190. The first-order valence-electron chi connectivity index (χ1n) is 37.9. The third-order valence-electron chi connectivity index (χ3n) is 25.1. The molecule has 6 nitrogen and oxygen atoms in total. The van der Waals surface area contributed by atoms with E-state index in [1.54, 1.807) is 55.4 Å². The first-order valence-corrected chi connectivity index (χ1v) is 37.9. The lowest BCUT2D eigenvalue weighted by Gasteiger charge is -2.84. The van der Waals surface area contributed by atoms with Gasteiger partial charge >= 0.3 is 0 Å². The Kier molecular flexibility index (Phi) is 88.0. The topological polar surface area (TPSA) is 119 Å². The Morgan fingerprint density at radius 1 is 0.322 bits per heavy atom. The maximum Gasteiger partial charge on any atom is 0 e. The fourth-order valence-electron chi connectivity index (χ4n) is 19.3. The largest absolute Gasteiger partial charge is 0.344 e. The van der Waals surface area contributed by atoms with E-state index in [4.69, 9.17) is 59.0 Å². The molecule has 0 aliphatic heterocycles. The van der Waals surface area contributed by atoms with Gasteiger partial charge in [-0.1, -0.05) is 248 Å². The average Bonchev–Trinajstić information content (AvgIpc) is 0.639. The molecule has 0 bridgehead atoms.